The van der Waals surface area contributed by atoms with E-state index in [4.69, 9.17) is 5.73 Å². The summed E-state index contributed by atoms with van der Waals surface area (Å²) in [6.45, 7) is 2.18. The van der Waals surface area contributed by atoms with E-state index in [0.717, 1.165) is 11.1 Å². The van der Waals surface area contributed by atoms with E-state index in [1.165, 1.54) is 0 Å². The summed E-state index contributed by atoms with van der Waals surface area (Å²) in [5, 5.41) is 0. The minimum absolute atomic E-state index is 0.218. The minimum Gasteiger partial charge on any atom is -0.445 e. The largest absolute Gasteiger partial charge is 0.445 e. The third-order valence-corrected chi connectivity index (χ3v) is 1.84. The topological polar surface area (TPSA) is 52.3 Å². The zero-order chi connectivity index (χ0) is 10.4. The molecule has 0 aromatic heterocycles. The first kappa shape index (κ1) is 10.3. The number of hydrogen-bond donors (Lipinski definition) is 1. The normalized spacial score (nSPS) is 11.1. The fourth-order valence-corrected chi connectivity index (χ4v) is 1.07. The summed E-state index contributed by atoms with van der Waals surface area (Å²) in [6, 6.07) is 9.87. The predicted molar refractivity (Wildman–Crippen MR) is 55.6 cm³/mol. The van der Waals surface area contributed by atoms with Gasteiger partial charge < -0.3 is 10.5 Å². The Morgan fingerprint density at radius 3 is 2.64 bits per heavy atom. The highest BCUT2D eigenvalue weighted by atomic mass is 16.5. The van der Waals surface area contributed by atoms with E-state index >= 15 is 0 Å². The molecule has 0 saturated heterocycles. The third-order valence-electron chi connectivity index (χ3n) is 1.84. The fourth-order valence-electron chi connectivity index (χ4n) is 1.07. The van der Waals surface area contributed by atoms with Gasteiger partial charge in [0.05, 0.1) is 0 Å². The van der Waals surface area contributed by atoms with Gasteiger partial charge in [-0.1, -0.05) is 30.3 Å². The van der Waals surface area contributed by atoms with E-state index in [2.05, 4.69) is 4.74 Å². The average Bonchev–Trinajstić information content (AvgIpc) is 2.18. The Morgan fingerprint density at radius 1 is 1.43 bits per heavy atom. The molecule has 0 spiro atoms. The van der Waals surface area contributed by atoms with Gasteiger partial charge in [0.15, 0.2) is 0 Å². The molecule has 0 aliphatic rings. The lowest BCUT2D eigenvalue weighted by Crippen LogP contribution is -2.12. The molecule has 0 aliphatic heterocycles. The summed E-state index contributed by atoms with van der Waals surface area (Å²) in [5.41, 5.74) is 7.00. The van der Waals surface area contributed by atoms with Crippen molar-refractivity contribution in [2.24, 2.45) is 5.73 Å². The van der Waals surface area contributed by atoms with Crippen molar-refractivity contribution in [2.75, 3.05) is 6.61 Å². The van der Waals surface area contributed by atoms with Gasteiger partial charge in [-0.3, -0.25) is 0 Å². The Kier molecular flexibility index (Phi) is 3.73. The van der Waals surface area contributed by atoms with Crippen LogP contribution < -0.4 is 5.73 Å². The van der Waals surface area contributed by atoms with E-state index in [1.54, 1.807) is 0 Å². The minimum atomic E-state index is -0.748. The van der Waals surface area contributed by atoms with Crippen LogP contribution in [0, 0.1) is 0 Å². The molecule has 0 unspecified atom stereocenters. The van der Waals surface area contributed by atoms with Crippen LogP contribution in [-0.2, 0) is 4.74 Å². The molecule has 0 saturated carbocycles. The number of rotatable bonds is 3. The molecule has 3 heteroatoms. The number of benzene rings is 1. The Balaban J connectivity index is 2.57. The number of hydrogen-bond acceptors (Lipinski definition) is 2. The van der Waals surface area contributed by atoms with Crippen LogP contribution >= 0.6 is 0 Å². The van der Waals surface area contributed by atoms with Gasteiger partial charge >= 0.3 is 6.09 Å². The first-order valence-electron chi connectivity index (χ1n) is 4.34. The maximum Gasteiger partial charge on any atom is 0.404 e. The molecule has 74 valence electrons. The Hall–Kier alpha value is -1.77. The summed E-state index contributed by atoms with van der Waals surface area (Å²) in [5.74, 6) is 0. The van der Waals surface area contributed by atoms with Crippen LogP contribution in [0.15, 0.2) is 36.4 Å². The Morgan fingerprint density at radius 2 is 2.07 bits per heavy atom. The van der Waals surface area contributed by atoms with Gasteiger partial charge in [0, 0.05) is 0 Å². The maximum atomic E-state index is 10.3. The average molecular weight is 191 g/mol. The van der Waals surface area contributed by atoms with Crippen molar-refractivity contribution in [3.05, 3.63) is 42.0 Å². The second-order valence-corrected chi connectivity index (χ2v) is 2.88. The van der Waals surface area contributed by atoms with Crippen LogP contribution in [0.3, 0.4) is 0 Å². The number of carbonyl (C=O) groups is 1. The van der Waals surface area contributed by atoms with Gasteiger partial charge in [-0.25, -0.2) is 4.79 Å². The summed E-state index contributed by atoms with van der Waals surface area (Å²) in [7, 11) is 0. The second kappa shape index (κ2) is 5.07. The van der Waals surface area contributed by atoms with Crippen LogP contribution in [0.2, 0.25) is 0 Å². The van der Waals surface area contributed by atoms with Crippen LogP contribution in [0.5, 0.6) is 0 Å². The van der Waals surface area contributed by atoms with E-state index < -0.39 is 6.09 Å². The van der Waals surface area contributed by atoms with Crippen LogP contribution in [0.25, 0.3) is 5.57 Å². The second-order valence-electron chi connectivity index (χ2n) is 2.88. The number of amides is 1. The molecule has 0 radical (unpaired) electrons. The predicted octanol–water partition coefficient (Wildman–Crippen LogP) is 2.19. The van der Waals surface area contributed by atoms with Crippen molar-refractivity contribution in [1.29, 1.82) is 0 Å². The van der Waals surface area contributed by atoms with Crippen LogP contribution in [0.1, 0.15) is 12.5 Å². The SMILES string of the molecule is C/C(=C\COC(N)=O)c1ccccc1. The van der Waals surface area contributed by atoms with Crippen LogP contribution in [0.4, 0.5) is 4.79 Å². The smallest absolute Gasteiger partial charge is 0.404 e. The summed E-state index contributed by atoms with van der Waals surface area (Å²) < 4.78 is 4.60. The lowest BCUT2D eigenvalue weighted by atomic mass is 10.1. The molecule has 1 aromatic carbocycles. The highest BCUT2D eigenvalue weighted by Crippen LogP contribution is 2.11. The molecule has 3 nitrogen and oxygen atoms in total. The van der Waals surface area contributed by atoms with Gasteiger partial charge in [-0.2, -0.15) is 0 Å². The highest BCUT2D eigenvalue weighted by molar-refractivity contribution is 5.66. The lowest BCUT2D eigenvalue weighted by Gasteiger charge is -2.01. The molecule has 0 fully saturated rings. The number of carbonyl (C=O) groups excluding carboxylic acids is 1. The number of nitrogens with two attached hydrogens (primary N) is 1. The Bertz CT molecular complexity index is 330. The zero-order valence-corrected chi connectivity index (χ0v) is 8.07. The molecule has 1 amide bonds. The number of primary amides is 1. The van der Waals surface area contributed by atoms with Crippen molar-refractivity contribution in [3.63, 3.8) is 0 Å². The van der Waals surface area contributed by atoms with Crippen molar-refractivity contribution >= 4 is 11.7 Å². The number of allylic oxidation sites excluding steroid dienone is 1. The highest BCUT2D eigenvalue weighted by Gasteiger charge is 1.94. The van der Waals surface area contributed by atoms with Gasteiger partial charge in [-0.15, -0.1) is 0 Å². The molecular formula is C11H13NO2. The van der Waals surface area contributed by atoms with E-state index in [0.29, 0.717) is 0 Å². The summed E-state index contributed by atoms with van der Waals surface area (Å²) in [6.07, 6.45) is 1.07. The van der Waals surface area contributed by atoms with Gasteiger partial charge in [0.25, 0.3) is 0 Å². The molecule has 0 atom stereocenters. The molecule has 0 bridgehead atoms. The van der Waals surface area contributed by atoms with Crippen molar-refractivity contribution < 1.29 is 9.53 Å². The van der Waals surface area contributed by atoms with E-state index in [1.807, 2.05) is 43.3 Å². The summed E-state index contributed by atoms with van der Waals surface area (Å²) in [4.78, 5) is 10.3. The standard InChI is InChI=1S/C11H13NO2/c1-9(7-8-14-11(12)13)10-5-3-2-4-6-10/h2-7H,8H2,1H3,(H2,12,13)/b9-7+. The van der Waals surface area contributed by atoms with Crippen molar-refractivity contribution in [3.8, 4) is 0 Å². The van der Waals surface area contributed by atoms with E-state index in [9.17, 15) is 4.79 Å². The zero-order valence-electron chi connectivity index (χ0n) is 8.07. The fraction of sp³-hybridized carbons (Fsp3) is 0.182. The Labute approximate surface area is 83.2 Å². The first-order valence-corrected chi connectivity index (χ1v) is 4.34. The number of ether oxygens (including phenoxy) is 1. The molecule has 14 heavy (non-hydrogen) atoms. The van der Waals surface area contributed by atoms with Crippen LogP contribution in [-0.4, -0.2) is 12.7 Å². The van der Waals surface area contributed by atoms with Gasteiger partial charge in [0.2, 0.25) is 0 Å². The first-order chi connectivity index (χ1) is 6.70. The molecule has 0 heterocycles. The van der Waals surface area contributed by atoms with Gasteiger partial charge in [-0.05, 0) is 24.1 Å². The quantitative estimate of drug-likeness (QED) is 0.796. The molecule has 0 aliphatic carbocycles. The van der Waals surface area contributed by atoms with Crippen molar-refractivity contribution in [1.82, 2.24) is 0 Å². The summed E-state index contributed by atoms with van der Waals surface area (Å²) >= 11 is 0. The molecular weight excluding hydrogens is 178 g/mol. The monoisotopic (exact) mass is 191 g/mol. The molecule has 2 N–H and O–H groups in total. The van der Waals surface area contributed by atoms with Crippen molar-refractivity contribution in [2.45, 2.75) is 6.92 Å². The lowest BCUT2D eigenvalue weighted by molar-refractivity contribution is 0.169. The molecule has 1 aromatic rings. The molecule has 1 rings (SSSR count). The van der Waals surface area contributed by atoms with E-state index in [-0.39, 0.29) is 6.61 Å². The maximum absolute atomic E-state index is 10.3. The third kappa shape index (κ3) is 3.31. The van der Waals surface area contributed by atoms with Gasteiger partial charge in [0.1, 0.15) is 6.61 Å².